The summed E-state index contributed by atoms with van der Waals surface area (Å²) >= 11 is 0. The summed E-state index contributed by atoms with van der Waals surface area (Å²) in [6.45, 7) is 9.67. The zero-order chi connectivity index (χ0) is 15.6. The SMILES string of the molecule is Cc1ccc(C(=O)N2CCN(C(C)(C)CN)CC2)c(O)c1. The fourth-order valence-corrected chi connectivity index (χ4v) is 2.64. The third-order valence-electron chi connectivity index (χ3n) is 4.31. The van der Waals surface area contributed by atoms with E-state index in [1.54, 1.807) is 17.0 Å². The Morgan fingerprint density at radius 2 is 1.90 bits per heavy atom. The van der Waals surface area contributed by atoms with Crippen LogP contribution in [-0.2, 0) is 0 Å². The van der Waals surface area contributed by atoms with Crippen molar-refractivity contribution < 1.29 is 9.90 Å². The zero-order valence-electron chi connectivity index (χ0n) is 13.1. The molecule has 5 heteroatoms. The summed E-state index contributed by atoms with van der Waals surface area (Å²) in [5, 5.41) is 9.94. The van der Waals surface area contributed by atoms with Gasteiger partial charge in [0, 0.05) is 38.3 Å². The van der Waals surface area contributed by atoms with Gasteiger partial charge >= 0.3 is 0 Å². The molecular weight excluding hydrogens is 266 g/mol. The van der Waals surface area contributed by atoms with Crippen molar-refractivity contribution in [2.75, 3.05) is 32.7 Å². The molecule has 1 aliphatic heterocycles. The van der Waals surface area contributed by atoms with Crippen LogP contribution in [0, 0.1) is 6.92 Å². The van der Waals surface area contributed by atoms with Crippen LogP contribution in [0.3, 0.4) is 0 Å². The summed E-state index contributed by atoms with van der Waals surface area (Å²) < 4.78 is 0. The minimum Gasteiger partial charge on any atom is -0.507 e. The standard InChI is InChI=1S/C16H25N3O2/c1-12-4-5-13(14(20)10-12)15(21)18-6-8-19(9-7-18)16(2,3)11-17/h4-5,10,20H,6-9,11,17H2,1-3H3. The van der Waals surface area contributed by atoms with E-state index in [4.69, 9.17) is 5.73 Å². The highest BCUT2D eigenvalue weighted by molar-refractivity contribution is 5.97. The van der Waals surface area contributed by atoms with Gasteiger partial charge in [-0.3, -0.25) is 9.69 Å². The molecule has 0 bridgehead atoms. The van der Waals surface area contributed by atoms with Crippen molar-refractivity contribution in [1.82, 2.24) is 9.80 Å². The van der Waals surface area contributed by atoms with Gasteiger partial charge in [-0.15, -0.1) is 0 Å². The molecule has 0 spiro atoms. The van der Waals surface area contributed by atoms with Gasteiger partial charge in [-0.1, -0.05) is 6.07 Å². The molecule has 1 aliphatic rings. The molecule has 2 rings (SSSR count). The quantitative estimate of drug-likeness (QED) is 0.878. The first-order chi connectivity index (χ1) is 9.85. The number of carbonyl (C=O) groups excluding carboxylic acids is 1. The van der Waals surface area contributed by atoms with Crippen LogP contribution in [0.4, 0.5) is 0 Å². The molecule has 3 N–H and O–H groups in total. The molecule has 1 aromatic rings. The first kappa shape index (κ1) is 15.8. The number of phenols is 1. The summed E-state index contributed by atoms with van der Waals surface area (Å²) in [4.78, 5) is 16.6. The van der Waals surface area contributed by atoms with Crippen molar-refractivity contribution in [2.24, 2.45) is 5.73 Å². The van der Waals surface area contributed by atoms with Crippen LogP contribution in [-0.4, -0.2) is 59.1 Å². The second-order valence-corrected chi connectivity index (χ2v) is 6.32. The number of aryl methyl sites for hydroxylation is 1. The summed E-state index contributed by atoms with van der Waals surface area (Å²) in [5.74, 6) is -0.0394. The lowest BCUT2D eigenvalue weighted by Crippen LogP contribution is -2.58. The third kappa shape index (κ3) is 3.36. The number of benzene rings is 1. The molecule has 0 atom stereocenters. The smallest absolute Gasteiger partial charge is 0.257 e. The molecule has 0 aliphatic carbocycles. The van der Waals surface area contributed by atoms with E-state index < -0.39 is 0 Å². The second kappa shape index (κ2) is 6.03. The lowest BCUT2D eigenvalue weighted by molar-refractivity contribution is 0.0424. The average molecular weight is 291 g/mol. The Hall–Kier alpha value is -1.59. The molecule has 0 unspecified atom stereocenters. The number of aromatic hydroxyl groups is 1. The number of piperazine rings is 1. The largest absolute Gasteiger partial charge is 0.507 e. The van der Waals surface area contributed by atoms with Gasteiger partial charge in [0.25, 0.3) is 5.91 Å². The zero-order valence-corrected chi connectivity index (χ0v) is 13.1. The topological polar surface area (TPSA) is 69.8 Å². The maximum Gasteiger partial charge on any atom is 0.257 e. The van der Waals surface area contributed by atoms with Gasteiger partial charge in [0.1, 0.15) is 5.75 Å². The van der Waals surface area contributed by atoms with Gasteiger partial charge in [0.2, 0.25) is 0 Å². The van der Waals surface area contributed by atoms with Crippen LogP contribution < -0.4 is 5.73 Å². The lowest BCUT2D eigenvalue weighted by atomic mass is 10.0. The van der Waals surface area contributed by atoms with Crippen LogP contribution in [0.1, 0.15) is 29.8 Å². The Morgan fingerprint density at radius 1 is 1.29 bits per heavy atom. The normalized spacial score (nSPS) is 17.0. The highest BCUT2D eigenvalue weighted by Crippen LogP contribution is 2.22. The van der Waals surface area contributed by atoms with E-state index in [9.17, 15) is 9.90 Å². The molecule has 1 fully saturated rings. The monoisotopic (exact) mass is 291 g/mol. The molecule has 1 aromatic carbocycles. The summed E-state index contributed by atoms with van der Waals surface area (Å²) in [7, 11) is 0. The number of rotatable bonds is 3. The van der Waals surface area contributed by atoms with E-state index in [0.717, 1.165) is 18.7 Å². The molecule has 0 radical (unpaired) electrons. The van der Waals surface area contributed by atoms with E-state index in [-0.39, 0.29) is 17.2 Å². The Balaban J connectivity index is 2.03. The number of nitrogens with two attached hydrogens (primary N) is 1. The summed E-state index contributed by atoms with van der Waals surface area (Å²) in [5.41, 5.74) is 7.09. The van der Waals surface area contributed by atoms with Crippen LogP contribution in [0.5, 0.6) is 5.75 Å². The van der Waals surface area contributed by atoms with Crippen LogP contribution in [0.25, 0.3) is 0 Å². The van der Waals surface area contributed by atoms with Crippen molar-refractivity contribution in [3.63, 3.8) is 0 Å². The second-order valence-electron chi connectivity index (χ2n) is 6.32. The fourth-order valence-electron chi connectivity index (χ4n) is 2.64. The molecular formula is C16H25N3O2. The molecule has 0 saturated carbocycles. The van der Waals surface area contributed by atoms with Crippen molar-refractivity contribution in [2.45, 2.75) is 26.3 Å². The van der Waals surface area contributed by atoms with Crippen LogP contribution in [0.15, 0.2) is 18.2 Å². The molecule has 1 amide bonds. The van der Waals surface area contributed by atoms with E-state index in [1.807, 2.05) is 13.0 Å². The maximum atomic E-state index is 12.5. The molecule has 5 nitrogen and oxygen atoms in total. The Kier molecular flexibility index (Phi) is 4.54. The minimum absolute atomic E-state index is 0.0405. The number of carbonyl (C=O) groups is 1. The predicted octanol–water partition coefficient (Wildman–Crippen LogP) is 1.20. The molecule has 116 valence electrons. The molecule has 1 heterocycles. The van der Waals surface area contributed by atoms with Gasteiger partial charge < -0.3 is 15.7 Å². The first-order valence-electron chi connectivity index (χ1n) is 7.39. The van der Waals surface area contributed by atoms with Crippen LogP contribution in [0.2, 0.25) is 0 Å². The summed E-state index contributed by atoms with van der Waals surface area (Å²) in [6, 6.07) is 5.17. The van der Waals surface area contributed by atoms with Crippen molar-refractivity contribution in [3.8, 4) is 5.75 Å². The number of hydrogen-bond acceptors (Lipinski definition) is 4. The number of phenolic OH excluding ortho intramolecular Hbond substituents is 1. The first-order valence-corrected chi connectivity index (χ1v) is 7.39. The fraction of sp³-hybridized carbons (Fsp3) is 0.562. The van der Waals surface area contributed by atoms with Crippen molar-refractivity contribution in [3.05, 3.63) is 29.3 Å². The van der Waals surface area contributed by atoms with Crippen LogP contribution >= 0.6 is 0 Å². The molecule has 21 heavy (non-hydrogen) atoms. The number of hydrogen-bond donors (Lipinski definition) is 2. The Bertz CT molecular complexity index is 520. The third-order valence-corrected chi connectivity index (χ3v) is 4.31. The lowest BCUT2D eigenvalue weighted by Gasteiger charge is -2.43. The molecule has 1 saturated heterocycles. The summed E-state index contributed by atoms with van der Waals surface area (Å²) in [6.07, 6.45) is 0. The van der Waals surface area contributed by atoms with Gasteiger partial charge in [-0.25, -0.2) is 0 Å². The highest BCUT2D eigenvalue weighted by atomic mass is 16.3. The van der Waals surface area contributed by atoms with Gasteiger partial charge in [-0.05, 0) is 38.5 Å². The van der Waals surface area contributed by atoms with Gasteiger partial charge in [0.15, 0.2) is 0 Å². The number of nitrogens with zero attached hydrogens (tertiary/aromatic N) is 2. The Morgan fingerprint density at radius 3 is 2.43 bits per heavy atom. The van der Waals surface area contributed by atoms with E-state index in [1.165, 1.54) is 0 Å². The minimum atomic E-state index is -0.0993. The van der Waals surface area contributed by atoms with Gasteiger partial charge in [0.05, 0.1) is 5.56 Å². The highest BCUT2D eigenvalue weighted by Gasteiger charge is 2.30. The van der Waals surface area contributed by atoms with Crippen molar-refractivity contribution >= 4 is 5.91 Å². The van der Waals surface area contributed by atoms with Gasteiger partial charge in [-0.2, -0.15) is 0 Å². The number of amides is 1. The van der Waals surface area contributed by atoms with E-state index in [2.05, 4.69) is 18.7 Å². The Labute approximate surface area is 126 Å². The van der Waals surface area contributed by atoms with E-state index in [0.29, 0.717) is 25.2 Å². The van der Waals surface area contributed by atoms with E-state index >= 15 is 0 Å². The van der Waals surface area contributed by atoms with Crippen molar-refractivity contribution in [1.29, 1.82) is 0 Å². The average Bonchev–Trinajstić information content (AvgIpc) is 2.47. The molecule has 0 aromatic heterocycles. The maximum absolute atomic E-state index is 12.5. The predicted molar refractivity (Wildman–Crippen MR) is 83.5 cm³/mol.